The van der Waals surface area contributed by atoms with E-state index in [1.54, 1.807) is 12.1 Å². The van der Waals surface area contributed by atoms with Crippen LogP contribution in [0.2, 0.25) is 0 Å². The van der Waals surface area contributed by atoms with Crippen LogP contribution in [0.1, 0.15) is 5.82 Å². The summed E-state index contributed by atoms with van der Waals surface area (Å²) in [6.07, 6.45) is -3.09. The van der Waals surface area contributed by atoms with Gasteiger partial charge in [0.15, 0.2) is 5.82 Å². The molecular weight excluding hydrogens is 361 g/mol. The van der Waals surface area contributed by atoms with Crippen molar-refractivity contribution in [3.63, 3.8) is 0 Å². The fourth-order valence-electron chi connectivity index (χ4n) is 1.90. The molecule has 0 aliphatic carbocycles. The molecule has 0 spiro atoms. The Bertz CT molecular complexity index is 799. The maximum atomic E-state index is 12.7. The summed E-state index contributed by atoms with van der Waals surface area (Å²) in [4.78, 5) is 7.42. The predicted octanol–water partition coefficient (Wildman–Crippen LogP) is 4.11. The number of halogens is 4. The summed E-state index contributed by atoms with van der Waals surface area (Å²) in [5.41, 5.74) is 1.75. The molecule has 0 saturated carbocycles. The van der Waals surface area contributed by atoms with Crippen molar-refractivity contribution >= 4 is 15.9 Å². The van der Waals surface area contributed by atoms with E-state index in [1.165, 1.54) is 6.20 Å². The van der Waals surface area contributed by atoms with Gasteiger partial charge < -0.3 is 0 Å². The van der Waals surface area contributed by atoms with Gasteiger partial charge in [0.1, 0.15) is 0 Å². The SMILES string of the molecule is FC(F)(F)c1nc(Br)n(-c2cc(-c3ccccc3)ccn2)n1. The van der Waals surface area contributed by atoms with Crippen LogP contribution < -0.4 is 0 Å². The average molecular weight is 369 g/mol. The summed E-state index contributed by atoms with van der Waals surface area (Å²) in [7, 11) is 0. The maximum Gasteiger partial charge on any atom is 0.453 e. The number of aromatic nitrogens is 4. The van der Waals surface area contributed by atoms with Gasteiger partial charge in [-0.05, 0) is 39.2 Å². The Balaban J connectivity index is 2.05. The smallest absolute Gasteiger partial charge is 0.237 e. The third-order valence-electron chi connectivity index (χ3n) is 2.89. The third kappa shape index (κ3) is 2.87. The van der Waals surface area contributed by atoms with Crippen LogP contribution in [0, 0.1) is 0 Å². The molecule has 2 heterocycles. The largest absolute Gasteiger partial charge is 0.453 e. The summed E-state index contributed by atoms with van der Waals surface area (Å²) in [6.45, 7) is 0. The van der Waals surface area contributed by atoms with E-state index in [0.29, 0.717) is 0 Å². The topological polar surface area (TPSA) is 43.6 Å². The van der Waals surface area contributed by atoms with Crippen molar-refractivity contribution in [2.24, 2.45) is 0 Å². The minimum Gasteiger partial charge on any atom is -0.237 e. The molecule has 2 aromatic heterocycles. The molecule has 0 radical (unpaired) electrons. The standard InChI is InChI=1S/C14H8BrF3N4/c15-13-20-12(14(16,17)18)21-22(13)11-8-10(6-7-19-11)9-4-2-1-3-5-9/h1-8H. The van der Waals surface area contributed by atoms with Gasteiger partial charge in [-0.2, -0.15) is 22.8 Å². The van der Waals surface area contributed by atoms with E-state index in [0.717, 1.165) is 15.8 Å². The van der Waals surface area contributed by atoms with Gasteiger partial charge in [0.25, 0.3) is 5.82 Å². The van der Waals surface area contributed by atoms with Gasteiger partial charge in [0.2, 0.25) is 4.73 Å². The van der Waals surface area contributed by atoms with Crippen LogP contribution in [0.3, 0.4) is 0 Å². The van der Waals surface area contributed by atoms with E-state index in [1.807, 2.05) is 30.3 Å². The first-order valence-electron chi connectivity index (χ1n) is 6.17. The normalized spacial score (nSPS) is 11.6. The first-order chi connectivity index (χ1) is 10.4. The number of nitrogens with zero attached hydrogens (tertiary/aromatic N) is 4. The predicted molar refractivity (Wildman–Crippen MR) is 77.3 cm³/mol. The van der Waals surface area contributed by atoms with Crippen molar-refractivity contribution < 1.29 is 13.2 Å². The molecule has 0 N–H and O–H groups in total. The molecule has 0 unspecified atom stereocenters. The lowest BCUT2D eigenvalue weighted by Gasteiger charge is -2.05. The van der Waals surface area contributed by atoms with Crippen molar-refractivity contribution in [2.45, 2.75) is 6.18 Å². The van der Waals surface area contributed by atoms with Gasteiger partial charge in [-0.3, -0.25) is 0 Å². The number of alkyl halides is 3. The van der Waals surface area contributed by atoms with Gasteiger partial charge in [-0.15, -0.1) is 5.10 Å². The molecule has 22 heavy (non-hydrogen) atoms. The van der Waals surface area contributed by atoms with Crippen molar-refractivity contribution in [3.05, 3.63) is 59.2 Å². The summed E-state index contributed by atoms with van der Waals surface area (Å²) >= 11 is 2.98. The van der Waals surface area contributed by atoms with Crippen molar-refractivity contribution in [1.29, 1.82) is 0 Å². The molecule has 8 heteroatoms. The van der Waals surface area contributed by atoms with Crippen LogP contribution in [0.4, 0.5) is 13.2 Å². The number of hydrogen-bond donors (Lipinski definition) is 0. The number of rotatable bonds is 2. The molecule has 3 rings (SSSR count). The molecule has 0 aliphatic rings. The molecule has 4 nitrogen and oxygen atoms in total. The Hall–Kier alpha value is -2.22. The van der Waals surface area contributed by atoms with Crippen LogP contribution in [0.5, 0.6) is 0 Å². The van der Waals surface area contributed by atoms with Gasteiger partial charge in [0, 0.05) is 6.20 Å². The van der Waals surface area contributed by atoms with Crippen molar-refractivity contribution in [3.8, 4) is 16.9 Å². The van der Waals surface area contributed by atoms with Gasteiger partial charge >= 0.3 is 6.18 Å². The van der Waals surface area contributed by atoms with Gasteiger partial charge in [-0.25, -0.2) is 4.98 Å². The zero-order valence-electron chi connectivity index (χ0n) is 10.9. The van der Waals surface area contributed by atoms with E-state index < -0.39 is 12.0 Å². The van der Waals surface area contributed by atoms with E-state index in [-0.39, 0.29) is 10.6 Å². The highest BCUT2D eigenvalue weighted by atomic mass is 79.9. The van der Waals surface area contributed by atoms with E-state index >= 15 is 0 Å². The highest BCUT2D eigenvalue weighted by Crippen LogP contribution is 2.29. The lowest BCUT2D eigenvalue weighted by atomic mass is 10.1. The molecule has 0 fully saturated rings. The maximum absolute atomic E-state index is 12.7. The second-order valence-electron chi connectivity index (χ2n) is 4.38. The molecule has 3 aromatic rings. The first-order valence-corrected chi connectivity index (χ1v) is 6.96. The van der Waals surface area contributed by atoms with Gasteiger partial charge in [-0.1, -0.05) is 30.3 Å². The molecular formula is C14H8BrF3N4. The van der Waals surface area contributed by atoms with Crippen molar-refractivity contribution in [2.75, 3.05) is 0 Å². The molecule has 0 saturated heterocycles. The first kappa shape index (κ1) is 14.7. The van der Waals surface area contributed by atoms with E-state index in [2.05, 4.69) is 31.0 Å². The van der Waals surface area contributed by atoms with Crippen molar-refractivity contribution in [1.82, 2.24) is 19.7 Å². The zero-order chi connectivity index (χ0) is 15.7. The minimum absolute atomic E-state index is 0.0578. The molecule has 1 aromatic carbocycles. The fraction of sp³-hybridized carbons (Fsp3) is 0.0714. The number of pyridine rings is 1. The summed E-state index contributed by atoms with van der Waals surface area (Å²) < 4.78 is 38.9. The second kappa shape index (κ2) is 5.53. The summed E-state index contributed by atoms with van der Waals surface area (Å²) in [6, 6.07) is 12.9. The summed E-state index contributed by atoms with van der Waals surface area (Å²) in [5, 5.41) is 3.46. The highest BCUT2D eigenvalue weighted by Gasteiger charge is 2.37. The Morgan fingerprint density at radius 1 is 1.00 bits per heavy atom. The van der Waals surface area contributed by atoms with Crippen LogP contribution in [0.25, 0.3) is 16.9 Å². The minimum atomic E-state index is -4.61. The zero-order valence-corrected chi connectivity index (χ0v) is 12.5. The Morgan fingerprint density at radius 2 is 1.73 bits per heavy atom. The van der Waals surface area contributed by atoms with Crippen LogP contribution >= 0.6 is 15.9 Å². The Morgan fingerprint density at radius 3 is 2.36 bits per heavy atom. The van der Waals surface area contributed by atoms with E-state index in [9.17, 15) is 13.2 Å². The Kier molecular flexibility index (Phi) is 3.69. The number of benzene rings is 1. The Labute approximate surface area is 131 Å². The lowest BCUT2D eigenvalue weighted by molar-refractivity contribution is -0.144. The fourth-order valence-corrected chi connectivity index (χ4v) is 2.33. The van der Waals surface area contributed by atoms with Crippen LogP contribution in [-0.2, 0) is 6.18 Å². The van der Waals surface area contributed by atoms with Crippen LogP contribution in [-0.4, -0.2) is 19.7 Å². The quantitative estimate of drug-likeness (QED) is 0.683. The van der Waals surface area contributed by atoms with Crippen LogP contribution in [0.15, 0.2) is 53.4 Å². The highest BCUT2D eigenvalue weighted by molar-refractivity contribution is 9.10. The lowest BCUT2D eigenvalue weighted by Crippen LogP contribution is -2.09. The molecule has 0 atom stereocenters. The second-order valence-corrected chi connectivity index (χ2v) is 5.09. The summed E-state index contributed by atoms with van der Waals surface area (Å²) in [5.74, 6) is -0.970. The number of hydrogen-bond acceptors (Lipinski definition) is 3. The van der Waals surface area contributed by atoms with E-state index in [4.69, 9.17) is 0 Å². The third-order valence-corrected chi connectivity index (χ3v) is 3.40. The average Bonchev–Trinajstić information content (AvgIpc) is 2.90. The monoisotopic (exact) mass is 368 g/mol. The molecule has 0 amide bonds. The molecule has 0 aliphatic heterocycles. The molecule has 0 bridgehead atoms. The molecule has 112 valence electrons. The van der Waals surface area contributed by atoms with Gasteiger partial charge in [0.05, 0.1) is 0 Å².